The van der Waals surface area contributed by atoms with E-state index in [9.17, 15) is 4.79 Å². The smallest absolute Gasteiger partial charge is 0.217 e. The first kappa shape index (κ1) is 7.76. The molecule has 4 nitrogen and oxygen atoms in total. The van der Waals surface area contributed by atoms with Crippen molar-refractivity contribution in [3.8, 4) is 0 Å². The topological polar surface area (TPSA) is 41.6 Å². The second-order valence-corrected chi connectivity index (χ2v) is 4.21. The lowest BCUT2D eigenvalue weighted by Crippen LogP contribution is -2.44. The molecule has 2 bridgehead atoms. The molecule has 3 heterocycles. The molecule has 0 aromatic rings. The highest BCUT2D eigenvalue weighted by molar-refractivity contribution is 5.73. The standard InChI is InChI=1S/C9H14N2O2/c1-5(12)10-8-7-4-11-3-2-6(13-7)9(8)11/h6-9H,2-4H2,1H3,(H,10,12)/t6-,7-,8-,9?/m0/s1. The quantitative estimate of drug-likeness (QED) is 0.585. The van der Waals surface area contributed by atoms with Crippen LogP contribution in [0.25, 0.3) is 0 Å². The number of carbonyl (C=O) groups is 1. The summed E-state index contributed by atoms with van der Waals surface area (Å²) in [7, 11) is 0. The Morgan fingerprint density at radius 3 is 3.08 bits per heavy atom. The number of morpholine rings is 1. The van der Waals surface area contributed by atoms with Crippen molar-refractivity contribution in [2.24, 2.45) is 0 Å². The summed E-state index contributed by atoms with van der Waals surface area (Å²) in [5, 5.41) is 3.00. The zero-order valence-corrected chi connectivity index (χ0v) is 7.69. The van der Waals surface area contributed by atoms with Gasteiger partial charge in [-0.15, -0.1) is 0 Å². The highest BCUT2D eigenvalue weighted by Crippen LogP contribution is 2.39. The van der Waals surface area contributed by atoms with Crippen LogP contribution < -0.4 is 5.32 Å². The fraction of sp³-hybridized carbons (Fsp3) is 0.889. The first-order valence-electron chi connectivity index (χ1n) is 4.92. The molecule has 0 aliphatic carbocycles. The van der Waals surface area contributed by atoms with Gasteiger partial charge in [-0.3, -0.25) is 9.69 Å². The van der Waals surface area contributed by atoms with E-state index in [0.29, 0.717) is 12.1 Å². The molecule has 0 spiro atoms. The first-order chi connectivity index (χ1) is 6.25. The van der Waals surface area contributed by atoms with E-state index in [4.69, 9.17) is 4.74 Å². The number of ether oxygens (including phenoxy) is 1. The van der Waals surface area contributed by atoms with Crippen molar-refractivity contribution in [1.82, 2.24) is 10.2 Å². The van der Waals surface area contributed by atoms with E-state index >= 15 is 0 Å². The molecule has 4 heteroatoms. The number of rotatable bonds is 1. The largest absolute Gasteiger partial charge is 0.370 e. The Hall–Kier alpha value is -0.610. The zero-order valence-electron chi connectivity index (χ0n) is 7.69. The number of carbonyl (C=O) groups excluding carboxylic acids is 1. The van der Waals surface area contributed by atoms with E-state index in [1.54, 1.807) is 6.92 Å². The summed E-state index contributed by atoms with van der Waals surface area (Å²) in [4.78, 5) is 13.4. The van der Waals surface area contributed by atoms with Gasteiger partial charge >= 0.3 is 0 Å². The maximum Gasteiger partial charge on any atom is 0.217 e. The van der Waals surface area contributed by atoms with Crippen LogP contribution in [0, 0.1) is 0 Å². The molecule has 1 amide bonds. The Labute approximate surface area is 77.2 Å². The van der Waals surface area contributed by atoms with E-state index in [1.165, 1.54) is 0 Å². The van der Waals surface area contributed by atoms with Crippen molar-refractivity contribution >= 4 is 5.91 Å². The normalized spacial score (nSPS) is 47.2. The molecule has 1 N–H and O–H groups in total. The third-order valence-corrected chi connectivity index (χ3v) is 3.41. The zero-order chi connectivity index (χ0) is 9.00. The summed E-state index contributed by atoms with van der Waals surface area (Å²) in [6, 6.07) is 0.721. The van der Waals surface area contributed by atoms with Gasteiger partial charge in [-0.1, -0.05) is 0 Å². The minimum atomic E-state index is 0.0630. The number of fused-ring (bicyclic) bond motifs is 1. The lowest BCUT2D eigenvalue weighted by Gasteiger charge is -2.21. The molecule has 72 valence electrons. The lowest BCUT2D eigenvalue weighted by molar-refractivity contribution is -0.119. The van der Waals surface area contributed by atoms with Crippen LogP contribution in [-0.2, 0) is 9.53 Å². The van der Waals surface area contributed by atoms with Crippen molar-refractivity contribution in [3.63, 3.8) is 0 Å². The van der Waals surface area contributed by atoms with Gasteiger partial charge in [0.2, 0.25) is 5.91 Å². The molecule has 4 atom stereocenters. The maximum atomic E-state index is 11.0. The van der Waals surface area contributed by atoms with Gasteiger partial charge in [0, 0.05) is 20.0 Å². The SMILES string of the molecule is CC(=O)N[C@@H]1C2[C@@H]3CCN2C[C@@H]1O3. The molecule has 0 saturated carbocycles. The van der Waals surface area contributed by atoms with Gasteiger partial charge < -0.3 is 10.1 Å². The monoisotopic (exact) mass is 182 g/mol. The number of nitrogens with zero attached hydrogens (tertiary/aromatic N) is 1. The average molecular weight is 182 g/mol. The maximum absolute atomic E-state index is 11.0. The molecule has 3 aliphatic rings. The summed E-state index contributed by atoms with van der Waals surface area (Å²) >= 11 is 0. The molecule has 0 aromatic carbocycles. The van der Waals surface area contributed by atoms with Crippen LogP contribution in [-0.4, -0.2) is 48.2 Å². The van der Waals surface area contributed by atoms with Crippen molar-refractivity contribution in [2.75, 3.05) is 13.1 Å². The summed E-state index contributed by atoms with van der Waals surface area (Å²) in [6.45, 7) is 3.73. The van der Waals surface area contributed by atoms with E-state index in [1.807, 2.05) is 0 Å². The van der Waals surface area contributed by atoms with Gasteiger partial charge in [-0.05, 0) is 6.42 Å². The molecule has 1 unspecified atom stereocenters. The molecule has 0 radical (unpaired) electrons. The highest BCUT2D eigenvalue weighted by atomic mass is 16.5. The third kappa shape index (κ3) is 0.957. The Morgan fingerprint density at radius 2 is 2.38 bits per heavy atom. The van der Waals surface area contributed by atoms with Crippen LogP contribution in [0.1, 0.15) is 13.3 Å². The molecular formula is C9H14N2O2. The number of nitrogens with one attached hydrogen (secondary N) is 1. The predicted molar refractivity (Wildman–Crippen MR) is 46.2 cm³/mol. The van der Waals surface area contributed by atoms with Crippen LogP contribution in [0.15, 0.2) is 0 Å². The fourth-order valence-corrected chi connectivity index (χ4v) is 3.00. The minimum absolute atomic E-state index is 0.0630. The van der Waals surface area contributed by atoms with Crippen LogP contribution in [0.5, 0.6) is 0 Å². The third-order valence-electron chi connectivity index (χ3n) is 3.41. The Morgan fingerprint density at radius 1 is 1.54 bits per heavy atom. The van der Waals surface area contributed by atoms with Gasteiger partial charge in [-0.2, -0.15) is 0 Å². The first-order valence-corrected chi connectivity index (χ1v) is 4.92. The summed E-state index contributed by atoms with van der Waals surface area (Å²) in [5.41, 5.74) is 0. The highest BCUT2D eigenvalue weighted by Gasteiger charge is 2.57. The number of hydrogen-bond donors (Lipinski definition) is 1. The van der Waals surface area contributed by atoms with Crippen LogP contribution in [0.3, 0.4) is 0 Å². The molecular weight excluding hydrogens is 168 g/mol. The second-order valence-electron chi connectivity index (χ2n) is 4.21. The Bertz CT molecular complexity index is 242. The molecule has 3 fully saturated rings. The predicted octanol–water partition coefficient (Wildman–Crippen LogP) is -0.654. The fourth-order valence-electron chi connectivity index (χ4n) is 3.00. The summed E-state index contributed by atoms with van der Waals surface area (Å²) in [6.07, 6.45) is 1.77. The van der Waals surface area contributed by atoms with Gasteiger partial charge in [-0.25, -0.2) is 0 Å². The number of hydrogen-bond acceptors (Lipinski definition) is 3. The Balaban J connectivity index is 1.81. The van der Waals surface area contributed by atoms with E-state index in [-0.39, 0.29) is 18.1 Å². The van der Waals surface area contributed by atoms with Gasteiger partial charge in [0.05, 0.1) is 24.3 Å². The van der Waals surface area contributed by atoms with E-state index in [2.05, 4.69) is 10.2 Å². The van der Waals surface area contributed by atoms with Crippen molar-refractivity contribution in [1.29, 1.82) is 0 Å². The molecule has 0 aromatic heterocycles. The Kier molecular flexibility index (Phi) is 1.46. The average Bonchev–Trinajstić information content (AvgIpc) is 2.60. The van der Waals surface area contributed by atoms with Crippen molar-refractivity contribution < 1.29 is 9.53 Å². The van der Waals surface area contributed by atoms with Gasteiger partial charge in [0.1, 0.15) is 0 Å². The van der Waals surface area contributed by atoms with E-state index < -0.39 is 0 Å². The van der Waals surface area contributed by atoms with Gasteiger partial charge in [0.25, 0.3) is 0 Å². The summed E-state index contributed by atoms with van der Waals surface area (Å²) < 4.78 is 5.81. The lowest BCUT2D eigenvalue weighted by atomic mass is 10.1. The number of amides is 1. The van der Waals surface area contributed by atoms with Crippen LogP contribution in [0.2, 0.25) is 0 Å². The second kappa shape index (κ2) is 2.45. The van der Waals surface area contributed by atoms with Gasteiger partial charge in [0.15, 0.2) is 0 Å². The molecule has 13 heavy (non-hydrogen) atoms. The van der Waals surface area contributed by atoms with Crippen molar-refractivity contribution in [2.45, 2.75) is 37.6 Å². The molecule has 3 saturated heterocycles. The van der Waals surface area contributed by atoms with Crippen LogP contribution in [0.4, 0.5) is 0 Å². The molecule has 3 rings (SSSR count). The minimum Gasteiger partial charge on any atom is -0.370 e. The summed E-state index contributed by atoms with van der Waals surface area (Å²) in [5.74, 6) is 0.0630. The molecule has 3 aliphatic heterocycles. The van der Waals surface area contributed by atoms with E-state index in [0.717, 1.165) is 19.5 Å². The van der Waals surface area contributed by atoms with Crippen molar-refractivity contribution in [3.05, 3.63) is 0 Å². The van der Waals surface area contributed by atoms with Crippen LogP contribution >= 0.6 is 0 Å².